The van der Waals surface area contributed by atoms with E-state index in [0.29, 0.717) is 24.0 Å². The Morgan fingerprint density at radius 2 is 2.00 bits per heavy atom. The predicted molar refractivity (Wildman–Crippen MR) is 119 cm³/mol. The molecule has 1 saturated heterocycles. The number of carbonyl (C=O) groups excluding carboxylic acids is 1. The summed E-state index contributed by atoms with van der Waals surface area (Å²) in [6.07, 6.45) is 14.0. The van der Waals surface area contributed by atoms with Gasteiger partial charge in [0.1, 0.15) is 6.10 Å². The molecule has 1 aliphatic heterocycles. The molecule has 1 aliphatic carbocycles. The zero-order valence-electron chi connectivity index (χ0n) is 18.2. The molecular weight excluding hydrogens is 378 g/mol. The number of piperidine rings is 1. The third-order valence-electron chi connectivity index (χ3n) is 6.24. The average Bonchev–Trinajstić information content (AvgIpc) is 3.20. The number of carbonyl (C=O) groups is 1. The molecule has 0 bridgehead atoms. The van der Waals surface area contributed by atoms with Crippen LogP contribution in [-0.4, -0.2) is 39.6 Å². The highest BCUT2D eigenvalue weighted by atomic mass is 16.5. The van der Waals surface area contributed by atoms with E-state index in [9.17, 15) is 9.59 Å². The fraction of sp³-hybridized carbons (Fsp3) is 0.500. The van der Waals surface area contributed by atoms with Gasteiger partial charge in [-0.25, -0.2) is 0 Å². The van der Waals surface area contributed by atoms with Crippen LogP contribution in [0, 0.1) is 6.92 Å². The normalized spacial score (nSPS) is 17.8. The van der Waals surface area contributed by atoms with E-state index in [1.54, 1.807) is 24.0 Å². The number of allylic oxidation sites excluding steroid dienone is 4. The van der Waals surface area contributed by atoms with Crippen molar-refractivity contribution in [2.45, 2.75) is 58.5 Å². The molecule has 0 atom stereocenters. The lowest BCUT2D eigenvalue weighted by atomic mass is 9.99. The quantitative estimate of drug-likeness (QED) is 0.805. The maximum atomic E-state index is 13.1. The Hall–Kier alpha value is -2.76. The second kappa shape index (κ2) is 8.54. The number of rotatable bonds is 5. The van der Waals surface area contributed by atoms with Gasteiger partial charge in [0.2, 0.25) is 0 Å². The molecule has 1 amide bonds. The van der Waals surface area contributed by atoms with Crippen LogP contribution in [0.2, 0.25) is 0 Å². The molecule has 0 unspecified atom stereocenters. The number of H-pyrrole nitrogens is 1. The average molecular weight is 410 g/mol. The summed E-state index contributed by atoms with van der Waals surface area (Å²) in [6.45, 7) is 5.44. The van der Waals surface area contributed by atoms with Gasteiger partial charge in [-0.2, -0.15) is 0 Å². The molecular formula is C24H31N3O3. The Labute approximate surface area is 177 Å². The number of aryl methyl sites for hydroxylation is 2. The summed E-state index contributed by atoms with van der Waals surface area (Å²) in [7, 11) is 1.72. The van der Waals surface area contributed by atoms with Crippen molar-refractivity contribution in [1.29, 1.82) is 0 Å². The van der Waals surface area contributed by atoms with Gasteiger partial charge in [0, 0.05) is 51.8 Å². The highest BCUT2D eigenvalue weighted by Crippen LogP contribution is 2.27. The van der Waals surface area contributed by atoms with E-state index in [2.05, 4.69) is 24.1 Å². The molecule has 2 aromatic heterocycles. The van der Waals surface area contributed by atoms with Crippen molar-refractivity contribution >= 4 is 16.8 Å². The molecule has 30 heavy (non-hydrogen) atoms. The van der Waals surface area contributed by atoms with Crippen molar-refractivity contribution in [3.05, 3.63) is 57.4 Å². The molecule has 0 radical (unpaired) electrons. The molecule has 2 aromatic rings. The topological polar surface area (TPSA) is 67.3 Å². The van der Waals surface area contributed by atoms with Gasteiger partial charge in [-0.05, 0) is 31.4 Å². The second-order valence-electron chi connectivity index (χ2n) is 8.50. The van der Waals surface area contributed by atoms with E-state index in [0.717, 1.165) is 42.5 Å². The number of nitrogens with zero attached hydrogens (tertiary/aromatic N) is 2. The van der Waals surface area contributed by atoms with E-state index in [-0.39, 0.29) is 17.6 Å². The van der Waals surface area contributed by atoms with Gasteiger partial charge >= 0.3 is 0 Å². The van der Waals surface area contributed by atoms with Crippen molar-refractivity contribution in [2.75, 3.05) is 13.1 Å². The van der Waals surface area contributed by atoms with Crippen molar-refractivity contribution in [3.63, 3.8) is 0 Å². The van der Waals surface area contributed by atoms with Crippen molar-refractivity contribution in [1.82, 2.24) is 14.5 Å². The minimum atomic E-state index is -0.141. The number of ether oxygens (including phenoxy) is 1. The largest absolute Gasteiger partial charge is 0.495 e. The van der Waals surface area contributed by atoms with E-state index in [4.69, 9.17) is 4.74 Å². The van der Waals surface area contributed by atoms with E-state index in [1.807, 2.05) is 11.8 Å². The first-order valence-electron chi connectivity index (χ1n) is 11.0. The van der Waals surface area contributed by atoms with Crippen LogP contribution in [0.25, 0.3) is 10.9 Å². The maximum absolute atomic E-state index is 13.1. The molecule has 3 heterocycles. The lowest BCUT2D eigenvalue weighted by Gasteiger charge is -2.33. The Bertz CT molecular complexity index is 1070. The zero-order chi connectivity index (χ0) is 21.3. The van der Waals surface area contributed by atoms with E-state index < -0.39 is 0 Å². The highest BCUT2D eigenvalue weighted by Gasteiger charge is 2.28. The first-order chi connectivity index (χ1) is 14.5. The Morgan fingerprint density at radius 1 is 1.23 bits per heavy atom. The number of pyridine rings is 1. The van der Waals surface area contributed by atoms with Gasteiger partial charge < -0.3 is 19.2 Å². The number of hydrogen-bond donors (Lipinski definition) is 1. The molecule has 1 fully saturated rings. The molecule has 2 aliphatic rings. The van der Waals surface area contributed by atoms with Crippen LogP contribution in [0.1, 0.15) is 61.4 Å². The smallest absolute Gasteiger partial charge is 0.260 e. The molecule has 0 aromatic carbocycles. The zero-order valence-corrected chi connectivity index (χ0v) is 18.2. The summed E-state index contributed by atoms with van der Waals surface area (Å²) in [4.78, 5) is 30.7. The summed E-state index contributed by atoms with van der Waals surface area (Å²) in [6, 6.07) is 0. The third-order valence-corrected chi connectivity index (χ3v) is 6.24. The molecule has 160 valence electrons. The van der Waals surface area contributed by atoms with Crippen molar-refractivity contribution in [3.8, 4) is 0 Å². The Balaban J connectivity index is 1.41. The highest BCUT2D eigenvalue weighted by molar-refractivity contribution is 6.07. The van der Waals surface area contributed by atoms with Crippen LogP contribution in [0.4, 0.5) is 0 Å². The molecule has 0 saturated carbocycles. The minimum Gasteiger partial charge on any atom is -0.495 e. The lowest BCUT2D eigenvalue weighted by Crippen LogP contribution is -2.41. The SMILES string of the molecule is CCCC1=CC=C(OC2CCN(C(=O)c3c[nH]c4c(C)cn(C)c(=O)c34)CC2)CC1. The number of aromatic amines is 1. The summed E-state index contributed by atoms with van der Waals surface area (Å²) in [5, 5.41) is 0.489. The van der Waals surface area contributed by atoms with Gasteiger partial charge in [0.15, 0.2) is 0 Å². The number of likely N-dealkylation sites (tertiary alicyclic amines) is 1. The van der Waals surface area contributed by atoms with Crippen LogP contribution in [0.3, 0.4) is 0 Å². The lowest BCUT2D eigenvalue weighted by molar-refractivity contribution is 0.0385. The van der Waals surface area contributed by atoms with Gasteiger partial charge in [0.05, 0.1) is 22.2 Å². The number of amides is 1. The second-order valence-corrected chi connectivity index (χ2v) is 8.50. The minimum absolute atomic E-state index is 0.0774. The number of nitrogens with one attached hydrogen (secondary N) is 1. The first-order valence-corrected chi connectivity index (χ1v) is 11.0. The van der Waals surface area contributed by atoms with E-state index >= 15 is 0 Å². The van der Waals surface area contributed by atoms with Gasteiger partial charge in [0.25, 0.3) is 11.5 Å². The van der Waals surface area contributed by atoms with Gasteiger partial charge in [-0.15, -0.1) is 0 Å². The van der Waals surface area contributed by atoms with E-state index in [1.165, 1.54) is 18.4 Å². The van der Waals surface area contributed by atoms with Crippen LogP contribution >= 0.6 is 0 Å². The monoisotopic (exact) mass is 409 g/mol. The molecule has 4 rings (SSSR count). The van der Waals surface area contributed by atoms with Crippen LogP contribution in [0.15, 0.2) is 40.7 Å². The third kappa shape index (κ3) is 3.95. The number of aromatic nitrogens is 2. The van der Waals surface area contributed by atoms with Crippen molar-refractivity contribution in [2.24, 2.45) is 7.05 Å². The number of fused-ring (bicyclic) bond motifs is 1. The van der Waals surface area contributed by atoms with Crippen molar-refractivity contribution < 1.29 is 9.53 Å². The fourth-order valence-corrected chi connectivity index (χ4v) is 4.57. The molecule has 0 spiro atoms. The summed E-state index contributed by atoms with van der Waals surface area (Å²) in [5.41, 5.74) is 3.54. The molecule has 6 nitrogen and oxygen atoms in total. The first kappa shape index (κ1) is 20.5. The van der Waals surface area contributed by atoms with Gasteiger partial charge in [-0.1, -0.05) is 25.0 Å². The Morgan fingerprint density at radius 3 is 2.67 bits per heavy atom. The summed E-state index contributed by atoms with van der Waals surface area (Å²) in [5.74, 6) is 0.988. The van der Waals surface area contributed by atoms with Crippen LogP contribution < -0.4 is 5.56 Å². The maximum Gasteiger partial charge on any atom is 0.260 e. The molecule has 6 heteroatoms. The number of hydrogen-bond acceptors (Lipinski definition) is 3. The van der Waals surface area contributed by atoms with Crippen LogP contribution in [-0.2, 0) is 11.8 Å². The fourth-order valence-electron chi connectivity index (χ4n) is 4.57. The summed E-state index contributed by atoms with van der Waals surface area (Å²) >= 11 is 0. The standard InChI is InChI=1S/C24H31N3O3/c1-4-5-17-6-8-18(9-7-17)30-19-10-12-27(13-11-19)23(28)20-14-25-22-16(2)15-26(3)24(29)21(20)22/h6,8,14-15,19,25H,4-5,7,9-13H2,1-3H3. The summed E-state index contributed by atoms with van der Waals surface area (Å²) < 4.78 is 7.76. The van der Waals surface area contributed by atoms with Gasteiger partial charge in [-0.3, -0.25) is 9.59 Å². The van der Waals surface area contributed by atoms with Crippen LogP contribution in [0.5, 0.6) is 0 Å². The predicted octanol–water partition coefficient (Wildman–Crippen LogP) is 4.20. The Kier molecular flexibility index (Phi) is 5.84. The molecule has 1 N–H and O–H groups in total.